The summed E-state index contributed by atoms with van der Waals surface area (Å²) in [6, 6.07) is 0. The molecule has 20 heavy (non-hydrogen) atoms. The Bertz CT molecular complexity index is 595. The second-order valence-electron chi connectivity index (χ2n) is 4.04. The molecule has 2 aromatic rings. The van der Waals surface area contributed by atoms with Crippen LogP contribution in [-0.2, 0) is 24.8 Å². The molecule has 0 unspecified atom stereocenters. The fourth-order valence-corrected chi connectivity index (χ4v) is 3.13. The summed E-state index contributed by atoms with van der Waals surface area (Å²) in [4.78, 5) is 10.5. The van der Waals surface area contributed by atoms with Crippen molar-refractivity contribution in [3.8, 4) is 0 Å². The quantitative estimate of drug-likeness (QED) is 0.750. The van der Waals surface area contributed by atoms with Crippen LogP contribution in [0, 0.1) is 0 Å². The fourth-order valence-electron chi connectivity index (χ4n) is 1.66. The van der Waals surface area contributed by atoms with Crippen molar-refractivity contribution in [1.29, 1.82) is 0 Å². The molecule has 0 aromatic carbocycles. The Kier molecular flexibility index (Phi) is 4.96. The third-order valence-corrected chi connectivity index (χ3v) is 4.48. The van der Waals surface area contributed by atoms with E-state index in [0.29, 0.717) is 16.0 Å². The van der Waals surface area contributed by atoms with Gasteiger partial charge in [0.2, 0.25) is 5.13 Å². The molecule has 0 saturated carbocycles. The van der Waals surface area contributed by atoms with Gasteiger partial charge in [-0.2, -0.15) is 5.10 Å². The van der Waals surface area contributed by atoms with E-state index in [-0.39, 0.29) is 5.75 Å². The molecule has 0 atom stereocenters. The number of carbonyl (C=O) groups is 1. The molecule has 108 valence electrons. The standard InChI is InChI=1S/C11H15N5O2S2/c1-3-8-7(5-16(2)15-8)4-12-10-13-14-11(20-10)19-6-9(17)18/h5H,3-4,6H2,1-2H3,(H,12,13)(H,17,18). The van der Waals surface area contributed by atoms with Crippen LogP contribution < -0.4 is 5.32 Å². The molecular formula is C11H15N5O2S2. The average Bonchev–Trinajstić information content (AvgIpc) is 3.00. The van der Waals surface area contributed by atoms with Gasteiger partial charge in [0, 0.05) is 25.4 Å². The van der Waals surface area contributed by atoms with E-state index >= 15 is 0 Å². The van der Waals surface area contributed by atoms with Gasteiger partial charge in [-0.05, 0) is 6.42 Å². The van der Waals surface area contributed by atoms with Crippen molar-refractivity contribution in [3.05, 3.63) is 17.5 Å². The van der Waals surface area contributed by atoms with Crippen LogP contribution >= 0.6 is 23.1 Å². The van der Waals surface area contributed by atoms with Crippen LogP contribution in [0.25, 0.3) is 0 Å². The number of anilines is 1. The minimum absolute atomic E-state index is 0.00276. The molecule has 0 fully saturated rings. The van der Waals surface area contributed by atoms with Gasteiger partial charge in [0.05, 0.1) is 11.4 Å². The number of aromatic nitrogens is 4. The summed E-state index contributed by atoms with van der Waals surface area (Å²) >= 11 is 2.53. The van der Waals surface area contributed by atoms with Crippen molar-refractivity contribution in [2.75, 3.05) is 11.1 Å². The summed E-state index contributed by atoms with van der Waals surface area (Å²) < 4.78 is 2.45. The Hall–Kier alpha value is -1.61. The van der Waals surface area contributed by atoms with Crippen LogP contribution in [-0.4, -0.2) is 36.8 Å². The van der Waals surface area contributed by atoms with Gasteiger partial charge in [-0.1, -0.05) is 30.0 Å². The topological polar surface area (TPSA) is 92.9 Å². The van der Waals surface area contributed by atoms with Crippen LogP contribution in [0.2, 0.25) is 0 Å². The van der Waals surface area contributed by atoms with Crippen LogP contribution in [0.1, 0.15) is 18.2 Å². The highest BCUT2D eigenvalue weighted by atomic mass is 32.2. The van der Waals surface area contributed by atoms with Gasteiger partial charge in [-0.15, -0.1) is 10.2 Å². The van der Waals surface area contributed by atoms with Crippen molar-refractivity contribution in [2.24, 2.45) is 7.05 Å². The molecule has 0 radical (unpaired) electrons. The van der Waals surface area contributed by atoms with E-state index in [9.17, 15) is 4.79 Å². The fraction of sp³-hybridized carbons (Fsp3) is 0.455. The molecule has 2 heterocycles. The van der Waals surface area contributed by atoms with Gasteiger partial charge in [-0.3, -0.25) is 9.48 Å². The number of aliphatic carboxylic acids is 1. The molecule has 0 aliphatic carbocycles. The van der Waals surface area contributed by atoms with Crippen molar-refractivity contribution in [2.45, 2.75) is 24.2 Å². The molecular weight excluding hydrogens is 298 g/mol. The molecule has 0 spiro atoms. The molecule has 2 rings (SSSR count). The number of aryl methyl sites for hydroxylation is 2. The van der Waals surface area contributed by atoms with Gasteiger partial charge < -0.3 is 10.4 Å². The summed E-state index contributed by atoms with van der Waals surface area (Å²) in [7, 11) is 1.90. The Balaban J connectivity index is 1.92. The van der Waals surface area contributed by atoms with E-state index in [1.54, 1.807) is 4.68 Å². The lowest BCUT2D eigenvalue weighted by atomic mass is 10.2. The van der Waals surface area contributed by atoms with Crippen LogP contribution in [0.5, 0.6) is 0 Å². The zero-order valence-electron chi connectivity index (χ0n) is 11.2. The number of carboxylic acids is 1. The van der Waals surface area contributed by atoms with Crippen molar-refractivity contribution in [1.82, 2.24) is 20.0 Å². The molecule has 0 bridgehead atoms. The third kappa shape index (κ3) is 3.94. The lowest BCUT2D eigenvalue weighted by Gasteiger charge is -2.00. The van der Waals surface area contributed by atoms with Gasteiger partial charge in [0.15, 0.2) is 4.34 Å². The second-order valence-corrected chi connectivity index (χ2v) is 6.24. The number of rotatable bonds is 7. The molecule has 0 aliphatic rings. The van der Waals surface area contributed by atoms with Crippen LogP contribution in [0.15, 0.2) is 10.5 Å². The Morgan fingerprint density at radius 1 is 1.55 bits per heavy atom. The van der Waals surface area contributed by atoms with E-state index in [1.807, 2.05) is 13.2 Å². The van der Waals surface area contributed by atoms with E-state index in [2.05, 4.69) is 27.5 Å². The molecule has 7 nitrogen and oxygen atoms in total. The zero-order chi connectivity index (χ0) is 14.5. The first-order valence-electron chi connectivity index (χ1n) is 6.02. The summed E-state index contributed by atoms with van der Waals surface area (Å²) in [6.45, 7) is 2.70. The Labute approximate surface area is 124 Å². The summed E-state index contributed by atoms with van der Waals surface area (Å²) in [5.74, 6) is -0.861. The van der Waals surface area contributed by atoms with Crippen molar-refractivity contribution >= 4 is 34.2 Å². The molecule has 0 aliphatic heterocycles. The maximum Gasteiger partial charge on any atom is 0.313 e. The minimum atomic E-state index is -0.859. The van der Waals surface area contributed by atoms with Gasteiger partial charge >= 0.3 is 5.97 Å². The summed E-state index contributed by atoms with van der Waals surface area (Å²) in [5.41, 5.74) is 2.19. The lowest BCUT2D eigenvalue weighted by molar-refractivity contribution is -0.133. The number of nitrogens with one attached hydrogen (secondary N) is 1. The van der Waals surface area contributed by atoms with E-state index in [4.69, 9.17) is 5.11 Å². The first kappa shape index (κ1) is 14.8. The maximum absolute atomic E-state index is 10.5. The number of carboxylic acid groups (broad SMARTS) is 1. The SMILES string of the molecule is CCc1nn(C)cc1CNc1nnc(SCC(=O)O)s1. The number of nitrogens with zero attached hydrogens (tertiary/aromatic N) is 4. The van der Waals surface area contributed by atoms with E-state index < -0.39 is 5.97 Å². The van der Waals surface area contributed by atoms with Crippen molar-refractivity contribution in [3.63, 3.8) is 0 Å². The van der Waals surface area contributed by atoms with Crippen molar-refractivity contribution < 1.29 is 9.90 Å². The first-order chi connectivity index (χ1) is 9.58. The van der Waals surface area contributed by atoms with E-state index in [1.165, 1.54) is 23.1 Å². The van der Waals surface area contributed by atoms with Gasteiger partial charge in [0.25, 0.3) is 0 Å². The van der Waals surface area contributed by atoms with E-state index in [0.717, 1.165) is 17.7 Å². The third-order valence-electron chi connectivity index (χ3n) is 2.48. The Morgan fingerprint density at radius 2 is 2.35 bits per heavy atom. The molecule has 2 aromatic heterocycles. The van der Waals surface area contributed by atoms with Crippen LogP contribution in [0.4, 0.5) is 5.13 Å². The predicted molar refractivity (Wildman–Crippen MR) is 78.2 cm³/mol. The van der Waals surface area contributed by atoms with Gasteiger partial charge in [-0.25, -0.2) is 0 Å². The monoisotopic (exact) mass is 313 g/mol. The molecule has 2 N–H and O–H groups in total. The largest absolute Gasteiger partial charge is 0.481 e. The Morgan fingerprint density at radius 3 is 3.05 bits per heavy atom. The molecule has 0 amide bonds. The second kappa shape index (κ2) is 6.71. The smallest absolute Gasteiger partial charge is 0.313 e. The highest BCUT2D eigenvalue weighted by Gasteiger charge is 2.09. The number of thioether (sulfide) groups is 1. The van der Waals surface area contributed by atoms with Crippen LogP contribution in [0.3, 0.4) is 0 Å². The molecule has 0 saturated heterocycles. The minimum Gasteiger partial charge on any atom is -0.481 e. The lowest BCUT2D eigenvalue weighted by Crippen LogP contribution is -2.00. The highest BCUT2D eigenvalue weighted by molar-refractivity contribution is 8.01. The molecule has 9 heteroatoms. The zero-order valence-corrected chi connectivity index (χ0v) is 12.8. The number of hydrogen-bond donors (Lipinski definition) is 2. The predicted octanol–water partition coefficient (Wildman–Crippen LogP) is 1.62. The maximum atomic E-state index is 10.5. The summed E-state index contributed by atoms with van der Waals surface area (Å²) in [6.07, 6.45) is 2.86. The normalized spacial score (nSPS) is 10.7. The first-order valence-corrected chi connectivity index (χ1v) is 7.82. The summed E-state index contributed by atoms with van der Waals surface area (Å²) in [5, 5.41) is 24.8. The highest BCUT2D eigenvalue weighted by Crippen LogP contribution is 2.25. The number of hydrogen-bond acceptors (Lipinski definition) is 7. The average molecular weight is 313 g/mol. The van der Waals surface area contributed by atoms with Gasteiger partial charge in [0.1, 0.15) is 0 Å².